The summed E-state index contributed by atoms with van der Waals surface area (Å²) in [6.07, 6.45) is 0.503. The van der Waals surface area contributed by atoms with E-state index in [2.05, 4.69) is 10.5 Å². The number of halogens is 1. The molecule has 0 unspecified atom stereocenters. The number of aromatic nitrogens is 1. The second-order valence-electron chi connectivity index (χ2n) is 4.57. The van der Waals surface area contributed by atoms with Crippen LogP contribution in [0.2, 0.25) is 0 Å². The van der Waals surface area contributed by atoms with Crippen LogP contribution in [-0.2, 0) is 17.8 Å². The van der Waals surface area contributed by atoms with E-state index in [1.165, 1.54) is 0 Å². The lowest BCUT2D eigenvalue weighted by Crippen LogP contribution is -2.40. The fourth-order valence-electron chi connectivity index (χ4n) is 1.39. The number of rotatable bonds is 6. The summed E-state index contributed by atoms with van der Waals surface area (Å²) in [7, 11) is 1.56. The highest BCUT2D eigenvalue weighted by molar-refractivity contribution is 5.93. The van der Waals surface area contributed by atoms with Crippen LogP contribution < -0.4 is 5.32 Å². The highest BCUT2D eigenvalue weighted by atomic mass is 19.1. The van der Waals surface area contributed by atoms with Crippen LogP contribution in [0.15, 0.2) is 4.52 Å². The summed E-state index contributed by atoms with van der Waals surface area (Å²) in [5.41, 5.74) is -0.241. The molecule has 102 valence electrons. The Morgan fingerprint density at radius 2 is 2.22 bits per heavy atom. The molecule has 0 saturated heterocycles. The molecule has 0 atom stereocenters. The van der Waals surface area contributed by atoms with E-state index in [4.69, 9.17) is 9.26 Å². The van der Waals surface area contributed by atoms with Crippen molar-refractivity contribution < 1.29 is 18.4 Å². The van der Waals surface area contributed by atoms with Crippen molar-refractivity contribution in [2.45, 2.75) is 39.5 Å². The van der Waals surface area contributed by atoms with E-state index in [9.17, 15) is 9.18 Å². The molecule has 0 aromatic carbocycles. The Kier molecular flexibility index (Phi) is 4.84. The van der Waals surface area contributed by atoms with Crippen LogP contribution >= 0.6 is 0 Å². The van der Waals surface area contributed by atoms with Gasteiger partial charge in [-0.3, -0.25) is 4.79 Å². The van der Waals surface area contributed by atoms with Gasteiger partial charge in [-0.15, -0.1) is 0 Å². The van der Waals surface area contributed by atoms with Crippen LogP contribution in [0, 0.1) is 0 Å². The molecule has 1 heterocycles. The molecule has 0 spiro atoms. The Labute approximate surface area is 106 Å². The first-order chi connectivity index (χ1) is 8.45. The number of alkyl halides is 1. The number of nitrogens with zero attached hydrogens (tertiary/aromatic N) is 1. The molecular formula is C12H19FN2O3. The van der Waals surface area contributed by atoms with E-state index in [0.717, 1.165) is 0 Å². The number of carbonyl (C=O) groups excluding carboxylic acids is 1. The maximum absolute atomic E-state index is 12.9. The molecule has 1 N–H and O–H groups in total. The summed E-state index contributed by atoms with van der Waals surface area (Å²) >= 11 is 0. The molecule has 0 radical (unpaired) electrons. The Hall–Kier alpha value is -1.43. The van der Waals surface area contributed by atoms with E-state index in [-0.39, 0.29) is 11.3 Å². The highest BCUT2D eigenvalue weighted by Crippen LogP contribution is 2.16. The number of amides is 1. The van der Waals surface area contributed by atoms with Crippen molar-refractivity contribution in [1.82, 2.24) is 10.5 Å². The van der Waals surface area contributed by atoms with Gasteiger partial charge < -0.3 is 14.6 Å². The predicted octanol–water partition coefficient (Wildman–Crippen LogP) is 1.86. The maximum Gasteiger partial charge on any atom is 0.273 e. The molecule has 0 saturated carbocycles. The number of carbonyl (C=O) groups is 1. The molecule has 1 amide bonds. The van der Waals surface area contributed by atoms with Gasteiger partial charge in [0.1, 0.15) is 12.4 Å². The molecular weight excluding hydrogens is 239 g/mol. The number of hydrogen-bond acceptors (Lipinski definition) is 4. The van der Waals surface area contributed by atoms with Crippen molar-refractivity contribution in [3.05, 3.63) is 17.0 Å². The normalized spacial score (nSPS) is 11.6. The van der Waals surface area contributed by atoms with E-state index in [1.54, 1.807) is 7.11 Å². The van der Waals surface area contributed by atoms with E-state index in [1.807, 2.05) is 20.8 Å². The molecule has 1 aromatic heterocycles. The van der Waals surface area contributed by atoms with E-state index >= 15 is 0 Å². The quantitative estimate of drug-likeness (QED) is 0.846. The Balaban J connectivity index is 2.76. The van der Waals surface area contributed by atoms with E-state index in [0.29, 0.717) is 18.7 Å². The molecule has 6 heteroatoms. The summed E-state index contributed by atoms with van der Waals surface area (Å²) in [5, 5.41) is 6.27. The predicted molar refractivity (Wildman–Crippen MR) is 64.1 cm³/mol. The van der Waals surface area contributed by atoms with Gasteiger partial charge >= 0.3 is 0 Å². The van der Waals surface area contributed by atoms with Crippen LogP contribution in [0.4, 0.5) is 4.39 Å². The Bertz CT molecular complexity index is 415. The van der Waals surface area contributed by atoms with Gasteiger partial charge in [0.25, 0.3) is 5.91 Å². The standard InChI is InChI=1S/C12H19FN2O3/c1-5-9-8(6-13)10(15-18-9)11(16)14-7-12(2,3)17-4/h5-7H2,1-4H3,(H,14,16). The van der Waals surface area contributed by atoms with Gasteiger partial charge in [0.05, 0.1) is 11.2 Å². The smallest absolute Gasteiger partial charge is 0.273 e. The zero-order valence-electron chi connectivity index (χ0n) is 11.2. The first kappa shape index (κ1) is 14.6. The number of methoxy groups -OCH3 is 1. The average Bonchev–Trinajstić information content (AvgIpc) is 2.78. The van der Waals surface area contributed by atoms with Gasteiger partial charge in [0.2, 0.25) is 0 Å². The van der Waals surface area contributed by atoms with Crippen molar-refractivity contribution in [3.63, 3.8) is 0 Å². The van der Waals surface area contributed by atoms with Crippen LogP contribution in [0.25, 0.3) is 0 Å². The average molecular weight is 258 g/mol. The molecule has 0 aliphatic rings. The molecule has 5 nitrogen and oxygen atoms in total. The van der Waals surface area contributed by atoms with Gasteiger partial charge in [-0.25, -0.2) is 4.39 Å². The molecule has 0 aliphatic carbocycles. The minimum absolute atomic E-state index is 0.0150. The van der Waals surface area contributed by atoms with Crippen LogP contribution in [0.1, 0.15) is 42.6 Å². The lowest BCUT2D eigenvalue weighted by molar-refractivity contribution is 0.0227. The monoisotopic (exact) mass is 258 g/mol. The van der Waals surface area contributed by atoms with Crippen molar-refractivity contribution in [1.29, 1.82) is 0 Å². The van der Waals surface area contributed by atoms with Gasteiger partial charge in [-0.1, -0.05) is 12.1 Å². The minimum atomic E-state index is -0.761. The maximum atomic E-state index is 12.9. The molecule has 1 aromatic rings. The third-order valence-electron chi connectivity index (χ3n) is 2.77. The molecule has 0 fully saturated rings. The third kappa shape index (κ3) is 3.29. The Morgan fingerprint density at radius 3 is 2.72 bits per heavy atom. The molecule has 18 heavy (non-hydrogen) atoms. The van der Waals surface area contributed by atoms with Gasteiger partial charge in [0, 0.05) is 20.1 Å². The summed E-state index contributed by atoms with van der Waals surface area (Å²) in [6.45, 7) is 5.04. The third-order valence-corrected chi connectivity index (χ3v) is 2.77. The fraction of sp³-hybridized carbons (Fsp3) is 0.667. The van der Waals surface area contributed by atoms with Gasteiger partial charge in [-0.05, 0) is 13.8 Å². The summed E-state index contributed by atoms with van der Waals surface area (Å²) in [6, 6.07) is 0. The molecule has 0 bridgehead atoms. The van der Waals surface area contributed by atoms with Crippen molar-refractivity contribution in [3.8, 4) is 0 Å². The highest BCUT2D eigenvalue weighted by Gasteiger charge is 2.23. The SMILES string of the molecule is CCc1onc(C(=O)NCC(C)(C)OC)c1CF. The lowest BCUT2D eigenvalue weighted by atomic mass is 10.1. The van der Waals surface area contributed by atoms with Crippen LogP contribution in [-0.4, -0.2) is 30.3 Å². The minimum Gasteiger partial charge on any atom is -0.377 e. The first-order valence-corrected chi connectivity index (χ1v) is 5.82. The largest absolute Gasteiger partial charge is 0.377 e. The topological polar surface area (TPSA) is 64.4 Å². The number of aryl methyl sites for hydroxylation is 1. The van der Waals surface area contributed by atoms with Gasteiger partial charge in [-0.2, -0.15) is 0 Å². The second kappa shape index (κ2) is 5.95. The number of nitrogens with one attached hydrogen (secondary N) is 1. The molecule has 1 rings (SSSR count). The zero-order chi connectivity index (χ0) is 13.8. The fourth-order valence-corrected chi connectivity index (χ4v) is 1.39. The van der Waals surface area contributed by atoms with Gasteiger partial charge in [0.15, 0.2) is 5.69 Å². The first-order valence-electron chi connectivity index (χ1n) is 5.82. The lowest BCUT2D eigenvalue weighted by Gasteiger charge is -2.22. The van der Waals surface area contributed by atoms with Crippen LogP contribution in [0.5, 0.6) is 0 Å². The summed E-state index contributed by atoms with van der Waals surface area (Å²) < 4.78 is 23.0. The summed E-state index contributed by atoms with van der Waals surface area (Å²) in [4.78, 5) is 11.9. The Morgan fingerprint density at radius 1 is 1.56 bits per heavy atom. The number of hydrogen-bond donors (Lipinski definition) is 1. The second-order valence-corrected chi connectivity index (χ2v) is 4.57. The van der Waals surface area contributed by atoms with Crippen molar-refractivity contribution in [2.75, 3.05) is 13.7 Å². The van der Waals surface area contributed by atoms with Crippen molar-refractivity contribution in [2.24, 2.45) is 0 Å². The summed E-state index contributed by atoms with van der Waals surface area (Å²) in [5.74, 6) is -0.0372. The molecule has 0 aliphatic heterocycles. The van der Waals surface area contributed by atoms with E-state index < -0.39 is 18.2 Å². The zero-order valence-corrected chi connectivity index (χ0v) is 11.2. The van der Waals surface area contributed by atoms with Crippen molar-refractivity contribution >= 4 is 5.91 Å². The number of ether oxygens (including phenoxy) is 1. The van der Waals surface area contributed by atoms with Crippen LogP contribution in [0.3, 0.4) is 0 Å².